The van der Waals surface area contributed by atoms with Crippen molar-refractivity contribution in [2.75, 3.05) is 54.9 Å². The third-order valence-electron chi connectivity index (χ3n) is 14.0. The number of hydrogen-bond donors (Lipinski definition) is 4. The number of benzene rings is 2. The number of allylic oxidation sites excluding steroid dienone is 2. The maximum Gasteiger partial charge on any atom is 0.407 e. The molecule has 62 heavy (non-hydrogen) atoms. The number of rotatable bonds is 11. The fourth-order valence-electron chi connectivity index (χ4n) is 11.1. The summed E-state index contributed by atoms with van der Waals surface area (Å²) in [5.74, 6) is -1.58. The molecule has 0 unspecified atom stereocenters. The molecule has 0 saturated heterocycles. The maximum atomic E-state index is 14.7. The third-order valence-corrected chi connectivity index (χ3v) is 14.0. The summed E-state index contributed by atoms with van der Waals surface area (Å²) in [5, 5.41) is 28.2. The van der Waals surface area contributed by atoms with Gasteiger partial charge < -0.3 is 40.7 Å². The first-order valence-corrected chi connectivity index (χ1v) is 23.4. The number of nitrogens with zero attached hydrogens (tertiary/aromatic N) is 2. The van der Waals surface area contributed by atoms with Crippen LogP contribution in [0.5, 0.6) is 0 Å². The maximum absolute atomic E-state index is 14.7. The predicted molar refractivity (Wildman–Crippen MR) is 233 cm³/mol. The smallest absolute Gasteiger partial charge is 0.407 e. The number of ketones is 1. The van der Waals surface area contributed by atoms with E-state index in [9.17, 15) is 29.1 Å². The molecular formula is C48H60N6O8. The first-order chi connectivity index (χ1) is 30.2. The Balaban J connectivity index is 1.02. The van der Waals surface area contributed by atoms with Gasteiger partial charge in [0.2, 0.25) is 17.2 Å². The van der Waals surface area contributed by atoms with Gasteiger partial charge in [-0.05, 0) is 87.5 Å². The van der Waals surface area contributed by atoms with Gasteiger partial charge in [0.1, 0.15) is 26.3 Å². The molecule has 7 aliphatic rings. The van der Waals surface area contributed by atoms with Gasteiger partial charge in [-0.15, -0.1) is 0 Å². The van der Waals surface area contributed by atoms with E-state index in [1.54, 1.807) is 0 Å². The molecule has 4 N–H and O–H groups in total. The summed E-state index contributed by atoms with van der Waals surface area (Å²) in [6, 6.07) is 4.02. The molecule has 4 amide bonds. The lowest BCUT2D eigenvalue weighted by atomic mass is 9.77. The molecule has 2 fully saturated rings. The van der Waals surface area contributed by atoms with Crippen molar-refractivity contribution in [1.82, 2.24) is 15.2 Å². The second-order valence-corrected chi connectivity index (χ2v) is 18.2. The van der Waals surface area contributed by atoms with Gasteiger partial charge in [-0.25, -0.2) is 14.2 Å². The highest BCUT2D eigenvalue weighted by molar-refractivity contribution is 6.52. The molecule has 0 spiro atoms. The zero-order valence-electron chi connectivity index (χ0n) is 35.9. The lowest BCUT2D eigenvalue weighted by Gasteiger charge is -2.40. The summed E-state index contributed by atoms with van der Waals surface area (Å²) in [6.45, 7) is 3.38. The van der Waals surface area contributed by atoms with Gasteiger partial charge in [0.25, 0.3) is 0 Å². The van der Waals surface area contributed by atoms with E-state index in [0.29, 0.717) is 35.0 Å². The summed E-state index contributed by atoms with van der Waals surface area (Å²) in [5.41, 5.74) is 6.47. The Hall–Kier alpha value is -5.40. The first-order valence-electron chi connectivity index (χ1n) is 23.4. The van der Waals surface area contributed by atoms with E-state index in [4.69, 9.17) is 9.47 Å². The number of anilines is 3. The first kappa shape index (κ1) is 41.9. The minimum atomic E-state index is -0.528. The number of carbonyl (C=O) groups excluding carboxylic acids is 5. The number of carbonyl (C=O) groups is 5. The van der Waals surface area contributed by atoms with Crippen LogP contribution >= 0.6 is 0 Å². The van der Waals surface area contributed by atoms with Crippen molar-refractivity contribution >= 4 is 58.0 Å². The van der Waals surface area contributed by atoms with Crippen molar-refractivity contribution in [2.24, 2.45) is 0 Å². The van der Waals surface area contributed by atoms with Gasteiger partial charge >= 0.3 is 12.2 Å². The summed E-state index contributed by atoms with van der Waals surface area (Å²) in [7, 11) is 0. The van der Waals surface area contributed by atoms with Crippen molar-refractivity contribution in [3.05, 3.63) is 56.3 Å². The second-order valence-electron chi connectivity index (χ2n) is 18.2. The molecule has 2 aromatic rings. The molecule has 330 valence electrons. The van der Waals surface area contributed by atoms with Crippen LogP contribution in [0, 0.1) is 0 Å². The highest BCUT2D eigenvalue weighted by Crippen LogP contribution is 2.47. The highest BCUT2D eigenvalue weighted by Gasteiger charge is 2.37. The van der Waals surface area contributed by atoms with Crippen LogP contribution in [0.1, 0.15) is 131 Å². The Kier molecular flexibility index (Phi) is 12.5. The predicted octanol–water partition coefficient (Wildman–Crippen LogP) is 4.05. The average Bonchev–Trinajstić information content (AvgIpc) is 3.27. The summed E-state index contributed by atoms with van der Waals surface area (Å²) in [4.78, 5) is 69.4. The lowest BCUT2D eigenvalue weighted by molar-refractivity contribution is -0.292. The zero-order chi connectivity index (χ0) is 42.7. The third kappa shape index (κ3) is 8.66. The van der Waals surface area contributed by atoms with E-state index in [-0.39, 0.29) is 61.1 Å². The molecule has 0 atom stereocenters. The number of hydrogen-bond acceptors (Lipinski definition) is 9. The largest absolute Gasteiger partial charge is 0.871 e. The molecule has 0 bridgehead atoms. The number of nitrogens with one attached hydrogen (secondary N) is 4. The van der Waals surface area contributed by atoms with Gasteiger partial charge in [-0.1, -0.05) is 44.3 Å². The molecule has 4 aliphatic heterocycles. The van der Waals surface area contributed by atoms with Crippen LogP contribution in [0.3, 0.4) is 0 Å². The topological polar surface area (TPSA) is 181 Å². The Morgan fingerprint density at radius 3 is 1.85 bits per heavy atom. The van der Waals surface area contributed by atoms with Crippen molar-refractivity contribution < 1.29 is 38.6 Å². The minimum absolute atomic E-state index is 0.0304. The standard InChI is InChI=1S/C48H60N6O8/c55-37(19-25-61-47(59)49-31-13-3-1-4-14-31)51-41-33-17-9-23-53-21-7-11-29(43(33)53)27-35(41)39-45(57)40(46(39)58)36-28-30-12-8-22-54-24-10-18-34(44(30)54)42(36)52-38(56)20-26-62-48(60)50-32-15-5-2-6-16-32/h27-28,31-32H,1-26H2,(H4,49,50,51,52,55,56,57,58,59,60). The Morgan fingerprint density at radius 1 is 0.661 bits per heavy atom. The van der Waals surface area contributed by atoms with E-state index < -0.39 is 23.7 Å². The van der Waals surface area contributed by atoms with Gasteiger partial charge in [0.05, 0.1) is 24.2 Å². The SMILES string of the molecule is O=C(CCOC(=O)NC1CCCCC1)Nc1c(C2=C([O-])/C(=c3/cc4c5c(c3NC(=O)CCOC(=O)NC3CCCCC3)CCC[N+]=5CCC4)C2=O)cc2c3c1CCCN3CCC2. The molecule has 4 heterocycles. The zero-order valence-corrected chi connectivity index (χ0v) is 35.9. The fraction of sp³-hybridized carbons (Fsp3) is 0.583. The number of Topliss-reactive ketones (excluding diaryl/α,β-unsaturated/α-hetero) is 1. The van der Waals surface area contributed by atoms with Crippen LogP contribution in [-0.2, 0) is 49.5 Å². The van der Waals surface area contributed by atoms with Crippen LogP contribution in [0.2, 0.25) is 0 Å². The lowest BCUT2D eigenvalue weighted by Crippen LogP contribution is -2.46. The van der Waals surface area contributed by atoms with Gasteiger partial charge in [-0.3, -0.25) is 14.4 Å². The number of aryl methyl sites for hydroxylation is 2. The average molecular weight is 849 g/mol. The highest BCUT2D eigenvalue weighted by atomic mass is 16.6. The fourth-order valence-corrected chi connectivity index (χ4v) is 11.1. The number of amides is 4. The van der Waals surface area contributed by atoms with Crippen molar-refractivity contribution in [3.8, 4) is 0 Å². The van der Waals surface area contributed by atoms with Crippen LogP contribution < -0.4 is 46.4 Å². The molecule has 14 heteroatoms. The molecular weight excluding hydrogens is 789 g/mol. The van der Waals surface area contributed by atoms with Crippen LogP contribution in [0.15, 0.2) is 17.9 Å². The van der Waals surface area contributed by atoms with Crippen molar-refractivity contribution in [1.29, 1.82) is 0 Å². The molecule has 2 aromatic carbocycles. The quantitative estimate of drug-likeness (QED) is 0.243. The van der Waals surface area contributed by atoms with Gasteiger partial charge in [0, 0.05) is 76.8 Å². The Morgan fingerprint density at radius 2 is 1.23 bits per heavy atom. The second kappa shape index (κ2) is 18.5. The van der Waals surface area contributed by atoms with E-state index in [1.807, 2.05) is 12.1 Å². The molecule has 14 nitrogen and oxygen atoms in total. The van der Waals surface area contributed by atoms with Crippen LogP contribution in [0.4, 0.5) is 26.7 Å². The molecule has 9 rings (SSSR count). The minimum Gasteiger partial charge on any atom is -0.871 e. The molecule has 0 aromatic heterocycles. The monoisotopic (exact) mass is 848 g/mol. The summed E-state index contributed by atoms with van der Waals surface area (Å²) < 4.78 is 13.2. The van der Waals surface area contributed by atoms with E-state index >= 15 is 0 Å². The summed E-state index contributed by atoms with van der Waals surface area (Å²) >= 11 is 0. The van der Waals surface area contributed by atoms with E-state index in [2.05, 4.69) is 30.7 Å². The number of alkyl carbamates (subject to hydrolysis) is 2. The van der Waals surface area contributed by atoms with Gasteiger partial charge in [0.15, 0.2) is 5.78 Å². The van der Waals surface area contributed by atoms with Crippen LogP contribution in [-0.4, -0.2) is 81.3 Å². The Bertz CT molecular complexity index is 2320. The molecule has 3 aliphatic carbocycles. The van der Waals surface area contributed by atoms with Crippen LogP contribution in [0.25, 0.3) is 11.1 Å². The number of ether oxygens (including phenoxy) is 2. The van der Waals surface area contributed by atoms with E-state index in [0.717, 1.165) is 149 Å². The van der Waals surface area contributed by atoms with Crippen molar-refractivity contribution in [2.45, 2.75) is 141 Å². The van der Waals surface area contributed by atoms with Crippen molar-refractivity contribution in [3.63, 3.8) is 0 Å². The normalized spacial score (nSPS) is 20.7. The van der Waals surface area contributed by atoms with Gasteiger partial charge in [-0.2, -0.15) is 0 Å². The molecule has 2 saturated carbocycles. The Labute approximate surface area is 362 Å². The molecule has 0 radical (unpaired) electrons. The summed E-state index contributed by atoms with van der Waals surface area (Å²) in [6.07, 6.45) is 15.7. The van der Waals surface area contributed by atoms with E-state index in [1.165, 1.54) is 12.8 Å².